The number of aromatic nitrogens is 1. The predicted octanol–water partition coefficient (Wildman–Crippen LogP) is 2.68. The molecule has 6 heteroatoms. The SMILES string of the molecule is CC1CCN(c2ccc(CNC(=O)CCNC(=O)Cc3ccccc3)cn2)CC1. The normalized spacial score (nSPS) is 14.4. The van der Waals surface area contributed by atoms with Gasteiger partial charge in [0.2, 0.25) is 11.8 Å². The molecule has 0 spiro atoms. The molecule has 1 fully saturated rings. The second-order valence-corrected chi connectivity index (χ2v) is 7.73. The van der Waals surface area contributed by atoms with E-state index < -0.39 is 0 Å². The highest BCUT2D eigenvalue weighted by molar-refractivity contribution is 5.80. The number of pyridine rings is 1. The highest BCUT2D eigenvalue weighted by atomic mass is 16.2. The van der Waals surface area contributed by atoms with Crippen LogP contribution in [0.5, 0.6) is 0 Å². The summed E-state index contributed by atoms with van der Waals surface area (Å²) in [5, 5.41) is 5.67. The van der Waals surface area contributed by atoms with Crippen LogP contribution in [0.25, 0.3) is 0 Å². The van der Waals surface area contributed by atoms with Gasteiger partial charge in [-0.15, -0.1) is 0 Å². The number of carbonyl (C=O) groups is 2. The number of benzene rings is 1. The minimum atomic E-state index is -0.0842. The Labute approximate surface area is 172 Å². The van der Waals surface area contributed by atoms with Crippen molar-refractivity contribution in [2.45, 2.75) is 39.2 Å². The Balaban J connectivity index is 1.33. The Kier molecular flexibility index (Phi) is 7.61. The van der Waals surface area contributed by atoms with Gasteiger partial charge in [0.05, 0.1) is 6.42 Å². The van der Waals surface area contributed by atoms with Crippen molar-refractivity contribution in [2.24, 2.45) is 5.92 Å². The first-order valence-electron chi connectivity index (χ1n) is 10.4. The second kappa shape index (κ2) is 10.6. The number of carbonyl (C=O) groups excluding carboxylic acids is 2. The molecule has 0 radical (unpaired) electrons. The molecule has 0 bridgehead atoms. The van der Waals surface area contributed by atoms with Gasteiger partial charge >= 0.3 is 0 Å². The van der Waals surface area contributed by atoms with Gasteiger partial charge < -0.3 is 15.5 Å². The van der Waals surface area contributed by atoms with Gasteiger partial charge in [-0.2, -0.15) is 0 Å². The average molecular weight is 395 g/mol. The van der Waals surface area contributed by atoms with Crippen LogP contribution in [0.4, 0.5) is 5.82 Å². The van der Waals surface area contributed by atoms with Crippen LogP contribution in [0.3, 0.4) is 0 Å². The zero-order valence-corrected chi connectivity index (χ0v) is 17.1. The molecule has 2 amide bonds. The van der Waals surface area contributed by atoms with Crippen LogP contribution in [-0.2, 0) is 22.6 Å². The van der Waals surface area contributed by atoms with E-state index in [1.807, 2.05) is 48.7 Å². The van der Waals surface area contributed by atoms with Crippen molar-refractivity contribution in [3.05, 3.63) is 59.8 Å². The van der Waals surface area contributed by atoms with E-state index >= 15 is 0 Å². The quantitative estimate of drug-likeness (QED) is 0.722. The lowest BCUT2D eigenvalue weighted by molar-refractivity contribution is -0.122. The molecule has 0 saturated carbocycles. The van der Waals surface area contributed by atoms with Crippen molar-refractivity contribution >= 4 is 17.6 Å². The van der Waals surface area contributed by atoms with Crippen molar-refractivity contribution in [1.29, 1.82) is 0 Å². The van der Waals surface area contributed by atoms with Crippen LogP contribution in [0, 0.1) is 5.92 Å². The van der Waals surface area contributed by atoms with Crippen molar-refractivity contribution in [1.82, 2.24) is 15.6 Å². The molecule has 0 aliphatic carbocycles. The predicted molar refractivity (Wildman–Crippen MR) is 114 cm³/mol. The highest BCUT2D eigenvalue weighted by Crippen LogP contribution is 2.21. The molecule has 6 nitrogen and oxygen atoms in total. The molecule has 0 atom stereocenters. The first kappa shape index (κ1) is 20.8. The summed E-state index contributed by atoms with van der Waals surface area (Å²) < 4.78 is 0. The van der Waals surface area contributed by atoms with Crippen molar-refractivity contribution in [3.8, 4) is 0 Å². The van der Waals surface area contributed by atoms with Crippen LogP contribution in [-0.4, -0.2) is 36.4 Å². The number of piperidine rings is 1. The van der Waals surface area contributed by atoms with E-state index in [1.54, 1.807) is 0 Å². The van der Waals surface area contributed by atoms with Gasteiger partial charge in [-0.05, 0) is 36.0 Å². The summed E-state index contributed by atoms with van der Waals surface area (Å²) >= 11 is 0. The fraction of sp³-hybridized carbons (Fsp3) is 0.435. The molecule has 1 aliphatic heterocycles. The molecular formula is C23H30N4O2. The summed E-state index contributed by atoms with van der Waals surface area (Å²) in [5.74, 6) is 1.65. The van der Waals surface area contributed by atoms with Gasteiger partial charge in [-0.1, -0.05) is 43.3 Å². The van der Waals surface area contributed by atoms with Gasteiger partial charge in [0, 0.05) is 38.8 Å². The van der Waals surface area contributed by atoms with Gasteiger partial charge in [0.25, 0.3) is 0 Å². The Hall–Kier alpha value is -2.89. The summed E-state index contributed by atoms with van der Waals surface area (Å²) in [7, 11) is 0. The first-order valence-corrected chi connectivity index (χ1v) is 10.4. The third-order valence-corrected chi connectivity index (χ3v) is 5.29. The van der Waals surface area contributed by atoms with E-state index in [2.05, 4.69) is 27.4 Å². The van der Waals surface area contributed by atoms with E-state index in [4.69, 9.17) is 0 Å². The number of hydrogen-bond acceptors (Lipinski definition) is 4. The maximum Gasteiger partial charge on any atom is 0.224 e. The lowest BCUT2D eigenvalue weighted by atomic mass is 9.99. The molecule has 29 heavy (non-hydrogen) atoms. The second-order valence-electron chi connectivity index (χ2n) is 7.73. The van der Waals surface area contributed by atoms with Gasteiger partial charge in [-0.25, -0.2) is 4.98 Å². The lowest BCUT2D eigenvalue weighted by Crippen LogP contribution is -2.33. The molecule has 1 aromatic heterocycles. The van der Waals surface area contributed by atoms with E-state index in [9.17, 15) is 9.59 Å². The molecule has 3 rings (SSSR count). The maximum atomic E-state index is 12.0. The number of anilines is 1. The molecule has 1 saturated heterocycles. The van der Waals surface area contributed by atoms with E-state index in [0.29, 0.717) is 19.5 Å². The Morgan fingerprint density at radius 2 is 1.76 bits per heavy atom. The summed E-state index contributed by atoms with van der Waals surface area (Å²) in [4.78, 5) is 30.8. The standard InChI is InChI=1S/C23H30N4O2/c1-18-10-13-27(14-11-18)21-8-7-20(16-25-21)17-26-22(28)9-12-24-23(29)15-19-5-3-2-4-6-19/h2-8,16,18H,9-15,17H2,1H3,(H,24,29)(H,26,28). The topological polar surface area (TPSA) is 74.3 Å². The van der Waals surface area contributed by atoms with E-state index in [-0.39, 0.29) is 18.2 Å². The van der Waals surface area contributed by atoms with Crippen molar-refractivity contribution in [3.63, 3.8) is 0 Å². The fourth-order valence-corrected chi connectivity index (χ4v) is 3.39. The fourth-order valence-electron chi connectivity index (χ4n) is 3.39. The molecule has 2 N–H and O–H groups in total. The van der Waals surface area contributed by atoms with Crippen LogP contribution in [0.2, 0.25) is 0 Å². The van der Waals surface area contributed by atoms with E-state index in [0.717, 1.165) is 36.0 Å². The monoisotopic (exact) mass is 394 g/mol. The molecule has 2 heterocycles. The minimum absolute atomic E-state index is 0.0732. The zero-order valence-electron chi connectivity index (χ0n) is 17.1. The van der Waals surface area contributed by atoms with Crippen molar-refractivity contribution in [2.75, 3.05) is 24.5 Å². The Morgan fingerprint density at radius 1 is 1.00 bits per heavy atom. The minimum Gasteiger partial charge on any atom is -0.357 e. The molecule has 0 unspecified atom stereocenters. The van der Waals surface area contributed by atoms with Crippen LogP contribution in [0.15, 0.2) is 48.7 Å². The number of hydrogen-bond donors (Lipinski definition) is 2. The number of rotatable bonds is 8. The van der Waals surface area contributed by atoms with Crippen molar-refractivity contribution < 1.29 is 9.59 Å². The van der Waals surface area contributed by atoms with Crippen LogP contribution >= 0.6 is 0 Å². The third kappa shape index (κ3) is 6.89. The Morgan fingerprint density at radius 3 is 2.45 bits per heavy atom. The lowest BCUT2D eigenvalue weighted by Gasteiger charge is -2.31. The third-order valence-electron chi connectivity index (χ3n) is 5.29. The average Bonchev–Trinajstić information content (AvgIpc) is 2.74. The van der Waals surface area contributed by atoms with Gasteiger partial charge in [0.1, 0.15) is 5.82 Å². The number of nitrogens with zero attached hydrogens (tertiary/aromatic N) is 2. The summed E-state index contributed by atoms with van der Waals surface area (Å²) in [6.45, 7) is 5.19. The highest BCUT2D eigenvalue weighted by Gasteiger charge is 2.16. The summed E-state index contributed by atoms with van der Waals surface area (Å²) in [6.07, 6.45) is 4.84. The largest absolute Gasteiger partial charge is 0.357 e. The molecular weight excluding hydrogens is 364 g/mol. The molecule has 1 aliphatic rings. The van der Waals surface area contributed by atoms with Crippen LogP contribution < -0.4 is 15.5 Å². The Bertz CT molecular complexity index is 784. The van der Waals surface area contributed by atoms with Gasteiger partial charge in [-0.3, -0.25) is 9.59 Å². The van der Waals surface area contributed by atoms with Gasteiger partial charge in [0.15, 0.2) is 0 Å². The van der Waals surface area contributed by atoms with Crippen LogP contribution in [0.1, 0.15) is 37.3 Å². The summed E-state index contributed by atoms with van der Waals surface area (Å²) in [5.41, 5.74) is 1.94. The molecule has 154 valence electrons. The number of nitrogens with one attached hydrogen (secondary N) is 2. The molecule has 2 aromatic rings. The zero-order chi connectivity index (χ0) is 20.5. The molecule has 1 aromatic carbocycles. The first-order chi connectivity index (χ1) is 14.1. The summed E-state index contributed by atoms with van der Waals surface area (Å²) in [6, 6.07) is 13.6. The van der Waals surface area contributed by atoms with E-state index in [1.165, 1.54) is 12.8 Å². The smallest absolute Gasteiger partial charge is 0.224 e. The maximum absolute atomic E-state index is 12.0. The number of amides is 2.